The zero-order valence-corrected chi connectivity index (χ0v) is 7.53. The fourth-order valence-electron chi connectivity index (χ4n) is 1.41. The Hall–Kier alpha value is -1.63. The summed E-state index contributed by atoms with van der Waals surface area (Å²) < 4.78 is 14.1. The summed E-state index contributed by atoms with van der Waals surface area (Å²) in [5.74, 6) is -0.446. The maximum absolute atomic E-state index is 12.8. The average molecular weight is 192 g/mol. The first-order valence-electron chi connectivity index (χ1n) is 4.42. The highest BCUT2D eigenvalue weighted by Gasteiger charge is 2.43. The van der Waals surface area contributed by atoms with E-state index >= 15 is 0 Å². The van der Waals surface area contributed by atoms with E-state index in [1.807, 2.05) is 0 Å². The van der Waals surface area contributed by atoms with Crippen LogP contribution in [0.15, 0.2) is 23.1 Å². The van der Waals surface area contributed by atoms with Gasteiger partial charge >= 0.3 is 0 Å². The van der Waals surface area contributed by atoms with Crippen molar-refractivity contribution in [2.45, 2.75) is 19.4 Å². The second-order valence-corrected chi connectivity index (χ2v) is 3.71. The van der Waals surface area contributed by atoms with Crippen LogP contribution in [0.2, 0.25) is 0 Å². The molecule has 1 aliphatic carbocycles. The number of nitriles is 1. The third-order valence-electron chi connectivity index (χ3n) is 2.51. The normalized spacial score (nSPS) is 17.4. The zero-order chi connectivity index (χ0) is 10.2. The first kappa shape index (κ1) is 8.95. The molecule has 0 amide bonds. The molecule has 2 rings (SSSR count). The topological polar surface area (TPSA) is 45.8 Å². The Morgan fingerprint density at radius 1 is 1.57 bits per heavy atom. The molecule has 14 heavy (non-hydrogen) atoms. The molecule has 1 aliphatic rings. The van der Waals surface area contributed by atoms with Gasteiger partial charge in [0.1, 0.15) is 5.82 Å². The van der Waals surface area contributed by atoms with Gasteiger partial charge in [0.2, 0.25) is 0 Å². The van der Waals surface area contributed by atoms with Crippen molar-refractivity contribution in [3.05, 3.63) is 34.5 Å². The molecular weight excluding hydrogens is 183 g/mol. The number of hydrogen-bond acceptors (Lipinski definition) is 2. The van der Waals surface area contributed by atoms with Gasteiger partial charge in [0.25, 0.3) is 5.56 Å². The van der Waals surface area contributed by atoms with Crippen LogP contribution in [0.4, 0.5) is 4.39 Å². The molecule has 0 N–H and O–H groups in total. The van der Waals surface area contributed by atoms with Gasteiger partial charge in [0.05, 0.1) is 11.5 Å². The summed E-state index contributed by atoms with van der Waals surface area (Å²) in [5.41, 5.74) is -0.676. The number of pyridine rings is 1. The van der Waals surface area contributed by atoms with Gasteiger partial charge in [0.15, 0.2) is 0 Å². The van der Waals surface area contributed by atoms with E-state index in [4.69, 9.17) is 5.26 Å². The molecule has 1 saturated carbocycles. The molecule has 1 aromatic heterocycles. The van der Waals surface area contributed by atoms with Crippen molar-refractivity contribution >= 4 is 0 Å². The SMILES string of the molecule is N#CC1(Cn2cc(F)ccc2=O)CC1. The quantitative estimate of drug-likeness (QED) is 0.708. The van der Waals surface area contributed by atoms with Crippen molar-refractivity contribution in [3.8, 4) is 6.07 Å². The Morgan fingerprint density at radius 2 is 2.29 bits per heavy atom. The molecule has 0 spiro atoms. The molecular formula is C10H9FN2O. The van der Waals surface area contributed by atoms with Crippen LogP contribution in [0.5, 0.6) is 0 Å². The molecule has 1 heterocycles. The summed E-state index contributed by atoms with van der Waals surface area (Å²) in [6.45, 7) is 0.306. The third kappa shape index (κ3) is 1.53. The zero-order valence-electron chi connectivity index (χ0n) is 7.53. The van der Waals surface area contributed by atoms with E-state index in [0.717, 1.165) is 25.1 Å². The summed E-state index contributed by atoms with van der Waals surface area (Å²) in [6, 6.07) is 4.48. The predicted octanol–water partition coefficient (Wildman–Crippen LogP) is 1.29. The van der Waals surface area contributed by atoms with Crippen molar-refractivity contribution in [2.24, 2.45) is 5.41 Å². The van der Waals surface area contributed by atoms with Crippen LogP contribution >= 0.6 is 0 Å². The highest BCUT2D eigenvalue weighted by atomic mass is 19.1. The molecule has 0 radical (unpaired) electrons. The minimum atomic E-state index is -0.446. The van der Waals surface area contributed by atoms with Gasteiger partial charge in [-0.15, -0.1) is 0 Å². The molecule has 4 heteroatoms. The van der Waals surface area contributed by atoms with E-state index in [1.165, 1.54) is 10.6 Å². The molecule has 0 atom stereocenters. The van der Waals surface area contributed by atoms with Crippen LogP contribution < -0.4 is 5.56 Å². The van der Waals surface area contributed by atoms with Crippen LogP contribution in [0.3, 0.4) is 0 Å². The van der Waals surface area contributed by atoms with E-state index in [1.54, 1.807) is 0 Å². The summed E-state index contributed by atoms with van der Waals surface area (Å²) in [6.07, 6.45) is 2.75. The van der Waals surface area contributed by atoms with Gasteiger partial charge in [-0.25, -0.2) is 4.39 Å². The number of hydrogen-bond donors (Lipinski definition) is 0. The van der Waals surface area contributed by atoms with Crippen molar-refractivity contribution in [2.75, 3.05) is 0 Å². The first-order valence-corrected chi connectivity index (χ1v) is 4.42. The van der Waals surface area contributed by atoms with Gasteiger partial charge in [-0.1, -0.05) is 0 Å². The highest BCUT2D eigenvalue weighted by molar-refractivity contribution is 5.10. The lowest BCUT2D eigenvalue weighted by Crippen LogP contribution is -2.23. The monoisotopic (exact) mass is 192 g/mol. The predicted molar refractivity (Wildman–Crippen MR) is 47.9 cm³/mol. The number of rotatable bonds is 2. The van der Waals surface area contributed by atoms with Gasteiger partial charge < -0.3 is 4.57 Å². The van der Waals surface area contributed by atoms with Crippen LogP contribution in [-0.2, 0) is 6.54 Å². The number of aromatic nitrogens is 1. The number of nitrogens with zero attached hydrogens (tertiary/aromatic N) is 2. The maximum atomic E-state index is 12.8. The van der Waals surface area contributed by atoms with E-state index in [0.29, 0.717) is 6.54 Å². The minimum Gasteiger partial charge on any atom is -0.311 e. The Kier molecular flexibility index (Phi) is 1.88. The summed E-state index contributed by atoms with van der Waals surface area (Å²) >= 11 is 0. The second-order valence-electron chi connectivity index (χ2n) is 3.71. The molecule has 3 nitrogen and oxygen atoms in total. The summed E-state index contributed by atoms with van der Waals surface area (Å²) in [7, 11) is 0. The van der Waals surface area contributed by atoms with Crippen molar-refractivity contribution in [1.82, 2.24) is 4.57 Å². The lowest BCUT2D eigenvalue weighted by atomic mass is 10.1. The maximum Gasteiger partial charge on any atom is 0.250 e. The van der Waals surface area contributed by atoms with Crippen LogP contribution in [-0.4, -0.2) is 4.57 Å². The van der Waals surface area contributed by atoms with Gasteiger partial charge in [-0.2, -0.15) is 5.26 Å². The van der Waals surface area contributed by atoms with Crippen LogP contribution in [0, 0.1) is 22.6 Å². The average Bonchev–Trinajstić information content (AvgIpc) is 2.92. The lowest BCUT2D eigenvalue weighted by molar-refractivity contribution is 0.497. The largest absolute Gasteiger partial charge is 0.311 e. The van der Waals surface area contributed by atoms with Gasteiger partial charge in [0, 0.05) is 18.8 Å². The van der Waals surface area contributed by atoms with Crippen molar-refractivity contribution in [1.29, 1.82) is 5.26 Å². The molecule has 0 saturated heterocycles. The van der Waals surface area contributed by atoms with Crippen molar-refractivity contribution < 1.29 is 4.39 Å². The van der Waals surface area contributed by atoms with Crippen LogP contribution in [0.1, 0.15) is 12.8 Å². The Bertz CT molecular complexity index is 454. The molecule has 1 fully saturated rings. The molecule has 0 aromatic carbocycles. The second kappa shape index (κ2) is 2.95. The Morgan fingerprint density at radius 3 is 2.86 bits per heavy atom. The van der Waals surface area contributed by atoms with Crippen LogP contribution in [0.25, 0.3) is 0 Å². The number of halogens is 1. The van der Waals surface area contributed by atoms with Gasteiger partial charge in [-0.3, -0.25) is 4.79 Å². The lowest BCUT2D eigenvalue weighted by Gasteiger charge is -2.08. The molecule has 0 aliphatic heterocycles. The molecule has 0 unspecified atom stereocenters. The Labute approximate surface area is 80.4 Å². The highest BCUT2D eigenvalue weighted by Crippen LogP contribution is 2.45. The smallest absolute Gasteiger partial charge is 0.250 e. The molecule has 1 aromatic rings. The van der Waals surface area contributed by atoms with E-state index in [-0.39, 0.29) is 5.56 Å². The first-order chi connectivity index (χ1) is 6.65. The molecule has 0 bridgehead atoms. The summed E-state index contributed by atoms with van der Waals surface area (Å²) in [4.78, 5) is 11.3. The molecule has 72 valence electrons. The minimum absolute atomic E-state index is 0.257. The van der Waals surface area contributed by atoms with E-state index < -0.39 is 11.2 Å². The Balaban J connectivity index is 2.30. The van der Waals surface area contributed by atoms with E-state index in [9.17, 15) is 9.18 Å². The fraction of sp³-hybridized carbons (Fsp3) is 0.400. The third-order valence-corrected chi connectivity index (χ3v) is 2.51. The van der Waals surface area contributed by atoms with Gasteiger partial charge in [-0.05, 0) is 18.9 Å². The summed E-state index contributed by atoms with van der Waals surface area (Å²) in [5, 5.41) is 8.82. The standard InChI is InChI=1S/C10H9FN2O/c11-8-1-2-9(14)13(5-8)7-10(6-12)3-4-10/h1-2,5H,3-4,7H2. The fourth-order valence-corrected chi connectivity index (χ4v) is 1.41. The van der Waals surface area contributed by atoms with E-state index in [2.05, 4.69) is 6.07 Å². The van der Waals surface area contributed by atoms with Crippen molar-refractivity contribution in [3.63, 3.8) is 0 Å².